The van der Waals surface area contributed by atoms with Crippen molar-refractivity contribution in [1.29, 1.82) is 0 Å². The quantitative estimate of drug-likeness (QED) is 0.837. The monoisotopic (exact) mass is 362 g/mol. The molecule has 7 heteroatoms. The number of carbonyl (C=O) groups is 3. The smallest absolute Gasteiger partial charge is 0.410 e. The molecule has 0 saturated carbocycles. The van der Waals surface area contributed by atoms with Gasteiger partial charge in [-0.1, -0.05) is 30.3 Å². The summed E-state index contributed by atoms with van der Waals surface area (Å²) < 4.78 is 5.34. The van der Waals surface area contributed by atoms with E-state index in [1.165, 1.54) is 4.90 Å². The molecule has 2 amide bonds. The second-order valence-corrected chi connectivity index (χ2v) is 7.42. The lowest BCUT2D eigenvalue weighted by Crippen LogP contribution is -2.52. The van der Waals surface area contributed by atoms with E-state index in [0.29, 0.717) is 19.4 Å². The van der Waals surface area contributed by atoms with Crippen molar-refractivity contribution in [2.45, 2.75) is 57.7 Å². The van der Waals surface area contributed by atoms with Gasteiger partial charge in [-0.05, 0) is 39.2 Å². The van der Waals surface area contributed by atoms with Crippen LogP contribution in [0, 0.1) is 0 Å². The lowest BCUT2D eigenvalue weighted by atomic mass is 10.1. The number of carboxylic acid groups (broad SMARTS) is 1. The summed E-state index contributed by atoms with van der Waals surface area (Å²) in [6.45, 7) is 5.70. The van der Waals surface area contributed by atoms with E-state index in [0.717, 1.165) is 5.56 Å². The Kier molecular flexibility index (Phi) is 6.23. The van der Waals surface area contributed by atoms with Crippen molar-refractivity contribution >= 4 is 18.0 Å². The Morgan fingerprint density at radius 2 is 1.92 bits per heavy atom. The maximum atomic E-state index is 12.6. The van der Waals surface area contributed by atoms with Gasteiger partial charge in [-0.25, -0.2) is 9.59 Å². The average molecular weight is 362 g/mol. The molecule has 142 valence electrons. The Morgan fingerprint density at radius 1 is 1.27 bits per heavy atom. The van der Waals surface area contributed by atoms with Gasteiger partial charge in [-0.2, -0.15) is 0 Å². The van der Waals surface area contributed by atoms with Crippen LogP contribution < -0.4 is 5.32 Å². The number of likely N-dealkylation sites (tertiary alicyclic amines) is 1. The first-order valence-electron chi connectivity index (χ1n) is 8.74. The molecule has 0 aliphatic carbocycles. The topological polar surface area (TPSA) is 95.9 Å². The number of hydrogen-bond donors (Lipinski definition) is 2. The summed E-state index contributed by atoms with van der Waals surface area (Å²) in [5.41, 5.74) is 0.160. The summed E-state index contributed by atoms with van der Waals surface area (Å²) in [5, 5.41) is 12.0. The third-order valence-corrected chi connectivity index (χ3v) is 4.08. The molecule has 1 heterocycles. The lowest BCUT2D eigenvalue weighted by Gasteiger charge is -2.28. The second kappa shape index (κ2) is 8.21. The normalized spacial score (nSPS) is 18.3. The minimum absolute atomic E-state index is 0.182. The number of hydrogen-bond acceptors (Lipinski definition) is 4. The van der Waals surface area contributed by atoms with Crippen LogP contribution in [0.25, 0.3) is 0 Å². The first-order chi connectivity index (χ1) is 12.2. The van der Waals surface area contributed by atoms with E-state index in [1.807, 2.05) is 30.3 Å². The van der Waals surface area contributed by atoms with Gasteiger partial charge in [0.25, 0.3) is 0 Å². The van der Waals surface area contributed by atoms with Crippen LogP contribution in [0.5, 0.6) is 0 Å². The van der Waals surface area contributed by atoms with Crippen molar-refractivity contribution in [3.05, 3.63) is 35.9 Å². The predicted octanol–water partition coefficient (Wildman–Crippen LogP) is 2.20. The van der Waals surface area contributed by atoms with Gasteiger partial charge in [0.05, 0.1) is 0 Å². The number of ether oxygens (including phenoxy) is 1. The fourth-order valence-electron chi connectivity index (χ4n) is 2.90. The zero-order valence-electron chi connectivity index (χ0n) is 15.4. The predicted molar refractivity (Wildman–Crippen MR) is 95.7 cm³/mol. The zero-order chi connectivity index (χ0) is 19.3. The van der Waals surface area contributed by atoms with Gasteiger partial charge in [0.15, 0.2) is 0 Å². The number of carbonyl (C=O) groups excluding carboxylic acids is 2. The van der Waals surface area contributed by atoms with Gasteiger partial charge in [0, 0.05) is 13.0 Å². The Hall–Kier alpha value is -2.57. The number of rotatable bonds is 5. The highest BCUT2D eigenvalue weighted by Gasteiger charge is 2.37. The van der Waals surface area contributed by atoms with Gasteiger partial charge < -0.3 is 15.2 Å². The van der Waals surface area contributed by atoms with E-state index in [-0.39, 0.29) is 6.42 Å². The maximum absolute atomic E-state index is 12.6. The average Bonchev–Trinajstić information content (AvgIpc) is 3.03. The molecule has 1 aromatic rings. The van der Waals surface area contributed by atoms with Crippen molar-refractivity contribution in [3.8, 4) is 0 Å². The van der Waals surface area contributed by atoms with E-state index in [1.54, 1.807) is 20.8 Å². The van der Waals surface area contributed by atoms with E-state index in [2.05, 4.69) is 5.32 Å². The van der Waals surface area contributed by atoms with Crippen molar-refractivity contribution < 1.29 is 24.2 Å². The number of aliphatic carboxylic acids is 1. The zero-order valence-corrected chi connectivity index (χ0v) is 15.4. The molecule has 26 heavy (non-hydrogen) atoms. The van der Waals surface area contributed by atoms with Gasteiger partial charge in [0.2, 0.25) is 5.91 Å². The molecule has 7 nitrogen and oxygen atoms in total. The Morgan fingerprint density at radius 3 is 2.50 bits per heavy atom. The number of benzene rings is 1. The largest absolute Gasteiger partial charge is 0.480 e. The maximum Gasteiger partial charge on any atom is 0.410 e. The highest BCUT2D eigenvalue weighted by molar-refractivity contribution is 5.89. The van der Waals surface area contributed by atoms with E-state index < -0.39 is 35.7 Å². The standard InChI is InChI=1S/C19H26N2O5/c1-19(2,3)26-18(25)21-11-7-10-15(21)16(22)20-14(17(23)24)12-13-8-5-4-6-9-13/h4-6,8-9,14-15H,7,10-12H2,1-3H3,(H,20,22)(H,23,24)/t14-,15+/m0/s1. The number of nitrogens with one attached hydrogen (secondary N) is 1. The fraction of sp³-hybridized carbons (Fsp3) is 0.526. The van der Waals surface area contributed by atoms with Gasteiger partial charge in [-0.15, -0.1) is 0 Å². The first-order valence-corrected chi connectivity index (χ1v) is 8.74. The molecule has 0 unspecified atom stereocenters. The van der Waals surface area contributed by atoms with Crippen LogP contribution in [0.4, 0.5) is 4.79 Å². The van der Waals surface area contributed by atoms with Crippen LogP contribution in [0.15, 0.2) is 30.3 Å². The van der Waals surface area contributed by atoms with Crippen molar-refractivity contribution in [1.82, 2.24) is 10.2 Å². The van der Waals surface area contributed by atoms with Crippen LogP contribution in [0.3, 0.4) is 0 Å². The molecule has 0 radical (unpaired) electrons. The lowest BCUT2D eigenvalue weighted by molar-refractivity contribution is -0.142. The van der Waals surface area contributed by atoms with Crippen LogP contribution in [0.2, 0.25) is 0 Å². The van der Waals surface area contributed by atoms with Crippen LogP contribution in [0.1, 0.15) is 39.2 Å². The van der Waals surface area contributed by atoms with Gasteiger partial charge in [0.1, 0.15) is 17.7 Å². The fourth-order valence-corrected chi connectivity index (χ4v) is 2.90. The van der Waals surface area contributed by atoms with Crippen LogP contribution in [-0.2, 0) is 20.7 Å². The van der Waals surface area contributed by atoms with Crippen LogP contribution >= 0.6 is 0 Å². The van der Waals surface area contributed by atoms with Crippen molar-refractivity contribution in [2.24, 2.45) is 0 Å². The Bertz CT molecular complexity index is 654. The number of carboxylic acids is 1. The van der Waals surface area contributed by atoms with Gasteiger partial charge in [-0.3, -0.25) is 9.69 Å². The molecule has 1 saturated heterocycles. The minimum atomic E-state index is -1.11. The Labute approximate surface area is 153 Å². The highest BCUT2D eigenvalue weighted by atomic mass is 16.6. The summed E-state index contributed by atoms with van der Waals surface area (Å²) in [6.07, 6.45) is 0.794. The first kappa shape index (κ1) is 19.8. The third kappa shape index (κ3) is 5.47. The summed E-state index contributed by atoms with van der Waals surface area (Å²) in [7, 11) is 0. The molecule has 2 rings (SSSR count). The SMILES string of the molecule is CC(C)(C)OC(=O)N1CCC[C@@H]1C(=O)N[C@@H](Cc1ccccc1)C(=O)O. The molecule has 1 aromatic carbocycles. The third-order valence-electron chi connectivity index (χ3n) is 4.08. The van der Waals surface area contributed by atoms with E-state index >= 15 is 0 Å². The molecular formula is C19H26N2O5. The second-order valence-electron chi connectivity index (χ2n) is 7.42. The van der Waals surface area contributed by atoms with Crippen molar-refractivity contribution in [2.75, 3.05) is 6.54 Å². The summed E-state index contributed by atoms with van der Waals surface area (Å²) in [5.74, 6) is -1.57. The summed E-state index contributed by atoms with van der Waals surface area (Å²) >= 11 is 0. The van der Waals surface area contributed by atoms with Crippen molar-refractivity contribution in [3.63, 3.8) is 0 Å². The number of nitrogens with zero attached hydrogens (tertiary/aromatic N) is 1. The molecule has 2 N–H and O–H groups in total. The summed E-state index contributed by atoms with van der Waals surface area (Å²) in [4.78, 5) is 37.8. The molecule has 1 fully saturated rings. The Balaban J connectivity index is 2.03. The number of amides is 2. The molecular weight excluding hydrogens is 336 g/mol. The molecule has 0 aromatic heterocycles. The molecule has 0 bridgehead atoms. The van der Waals surface area contributed by atoms with E-state index in [4.69, 9.17) is 4.74 Å². The molecule has 1 aliphatic rings. The van der Waals surface area contributed by atoms with Crippen LogP contribution in [-0.4, -0.2) is 52.2 Å². The van der Waals surface area contributed by atoms with E-state index in [9.17, 15) is 19.5 Å². The highest BCUT2D eigenvalue weighted by Crippen LogP contribution is 2.21. The molecule has 1 aliphatic heterocycles. The minimum Gasteiger partial charge on any atom is -0.480 e. The molecule has 0 spiro atoms. The van der Waals surface area contributed by atoms with Gasteiger partial charge >= 0.3 is 12.1 Å². The molecule has 2 atom stereocenters. The summed E-state index contributed by atoms with van der Waals surface area (Å²) in [6, 6.07) is 7.34.